The van der Waals surface area contributed by atoms with E-state index in [0.29, 0.717) is 12.1 Å². The molecule has 0 bridgehead atoms. The average molecular weight is 287 g/mol. The topological polar surface area (TPSA) is 95.3 Å². The lowest BCUT2D eigenvalue weighted by atomic mass is 10.1. The van der Waals surface area contributed by atoms with Gasteiger partial charge in [0.25, 0.3) is 11.8 Å². The highest BCUT2D eigenvalue weighted by atomic mass is 16.3. The molecule has 110 valence electrons. The Balaban J connectivity index is 2.42. The van der Waals surface area contributed by atoms with Crippen molar-refractivity contribution in [3.8, 4) is 23.0 Å². The molecule has 0 fully saturated rings. The van der Waals surface area contributed by atoms with Gasteiger partial charge in [-0.15, -0.1) is 0 Å². The molecule has 6 nitrogen and oxygen atoms in total. The van der Waals surface area contributed by atoms with E-state index in [9.17, 15) is 15.0 Å². The molecule has 0 radical (unpaired) electrons. The van der Waals surface area contributed by atoms with Crippen LogP contribution in [0.5, 0.6) is 11.6 Å². The minimum atomic E-state index is -0.612. The normalized spacial score (nSPS) is 10.4. The van der Waals surface area contributed by atoms with Gasteiger partial charge in [-0.2, -0.15) is 4.98 Å². The van der Waals surface area contributed by atoms with Crippen molar-refractivity contribution < 1.29 is 15.0 Å². The number of carbonyl (C=O) groups is 1. The molecule has 0 saturated heterocycles. The smallest absolute Gasteiger partial charge is 0.274 e. The van der Waals surface area contributed by atoms with Crippen molar-refractivity contribution in [2.45, 2.75) is 20.3 Å². The van der Waals surface area contributed by atoms with Gasteiger partial charge in [-0.05, 0) is 13.3 Å². The van der Waals surface area contributed by atoms with Gasteiger partial charge in [0.15, 0.2) is 11.5 Å². The van der Waals surface area contributed by atoms with Crippen LogP contribution in [0, 0.1) is 6.92 Å². The second-order valence-corrected chi connectivity index (χ2v) is 4.69. The van der Waals surface area contributed by atoms with Crippen LogP contribution in [0.25, 0.3) is 11.4 Å². The van der Waals surface area contributed by atoms with Gasteiger partial charge in [-0.25, -0.2) is 4.98 Å². The molecule has 0 aliphatic rings. The number of hydrogen-bond acceptors (Lipinski definition) is 5. The molecule has 2 rings (SSSR count). The summed E-state index contributed by atoms with van der Waals surface area (Å²) in [5.74, 6) is -1.57. The van der Waals surface area contributed by atoms with Crippen molar-refractivity contribution in [2.24, 2.45) is 0 Å². The number of amides is 1. The Bertz CT molecular complexity index is 654. The number of aromatic nitrogens is 2. The maximum Gasteiger partial charge on any atom is 0.274 e. The molecule has 1 heterocycles. The van der Waals surface area contributed by atoms with Crippen molar-refractivity contribution in [1.29, 1.82) is 0 Å². The van der Waals surface area contributed by atoms with Crippen LogP contribution in [-0.2, 0) is 0 Å². The number of aryl methyl sites for hydroxylation is 1. The van der Waals surface area contributed by atoms with Crippen molar-refractivity contribution in [3.63, 3.8) is 0 Å². The second kappa shape index (κ2) is 6.21. The Hall–Kier alpha value is -2.63. The molecule has 1 amide bonds. The summed E-state index contributed by atoms with van der Waals surface area (Å²) in [5.41, 5.74) is 1.50. The zero-order chi connectivity index (χ0) is 15.4. The van der Waals surface area contributed by atoms with Crippen LogP contribution < -0.4 is 5.32 Å². The molecular weight excluding hydrogens is 270 g/mol. The van der Waals surface area contributed by atoms with E-state index in [-0.39, 0.29) is 11.5 Å². The third-order valence-electron chi connectivity index (χ3n) is 2.93. The second-order valence-electron chi connectivity index (χ2n) is 4.69. The molecule has 2 aromatic rings. The van der Waals surface area contributed by atoms with Crippen molar-refractivity contribution in [3.05, 3.63) is 35.5 Å². The molecule has 0 atom stereocenters. The highest BCUT2D eigenvalue weighted by molar-refractivity contribution is 5.95. The van der Waals surface area contributed by atoms with Crippen molar-refractivity contribution in [2.75, 3.05) is 6.54 Å². The fourth-order valence-electron chi connectivity index (χ4n) is 1.76. The fourth-order valence-corrected chi connectivity index (χ4v) is 1.76. The fraction of sp³-hybridized carbons (Fsp3) is 0.267. The summed E-state index contributed by atoms with van der Waals surface area (Å²) in [4.78, 5) is 19.8. The van der Waals surface area contributed by atoms with Crippen LogP contribution in [-0.4, -0.2) is 32.6 Å². The van der Waals surface area contributed by atoms with E-state index >= 15 is 0 Å². The Morgan fingerprint density at radius 2 is 1.86 bits per heavy atom. The van der Waals surface area contributed by atoms with Crippen molar-refractivity contribution in [1.82, 2.24) is 15.3 Å². The highest BCUT2D eigenvalue weighted by Gasteiger charge is 2.19. The number of benzene rings is 1. The predicted octanol–water partition coefficient (Wildman–Crippen LogP) is 2.00. The first-order valence-electron chi connectivity index (χ1n) is 6.68. The van der Waals surface area contributed by atoms with Crippen LogP contribution in [0.2, 0.25) is 0 Å². The molecule has 21 heavy (non-hydrogen) atoms. The van der Waals surface area contributed by atoms with E-state index in [1.165, 1.54) is 0 Å². The molecule has 0 saturated carbocycles. The molecule has 0 aliphatic heterocycles. The van der Waals surface area contributed by atoms with Gasteiger partial charge in [-0.3, -0.25) is 4.79 Å². The average Bonchev–Trinajstić information content (AvgIpc) is 2.48. The first-order valence-corrected chi connectivity index (χ1v) is 6.68. The lowest BCUT2D eigenvalue weighted by Gasteiger charge is -2.08. The lowest BCUT2D eigenvalue weighted by Crippen LogP contribution is -2.25. The number of rotatable bonds is 4. The molecule has 0 aliphatic carbocycles. The first kappa shape index (κ1) is 14.8. The third-order valence-corrected chi connectivity index (χ3v) is 2.93. The van der Waals surface area contributed by atoms with Gasteiger partial charge in [0, 0.05) is 12.1 Å². The summed E-state index contributed by atoms with van der Waals surface area (Å²) in [7, 11) is 0. The van der Waals surface area contributed by atoms with Gasteiger partial charge in [0.05, 0.1) is 0 Å². The summed E-state index contributed by atoms with van der Waals surface area (Å²) >= 11 is 0. The number of carbonyl (C=O) groups excluding carboxylic acids is 1. The van der Waals surface area contributed by atoms with Crippen LogP contribution >= 0.6 is 0 Å². The molecule has 1 aromatic carbocycles. The van der Waals surface area contributed by atoms with Gasteiger partial charge < -0.3 is 15.5 Å². The standard InChI is InChI=1S/C15H17N3O3/c1-3-8-16-14(20)11-12(19)15(21)18-13(17-11)10-6-4-9(2)5-7-10/h4-7,19H,3,8H2,1-2H3,(H,16,20)(H,17,18,21). The van der Waals surface area contributed by atoms with E-state index in [1.807, 2.05) is 26.0 Å². The quantitative estimate of drug-likeness (QED) is 0.799. The minimum absolute atomic E-state index is 0.187. The minimum Gasteiger partial charge on any atom is -0.501 e. The number of aromatic hydroxyl groups is 2. The molecular formula is C15H17N3O3. The molecule has 6 heteroatoms. The Morgan fingerprint density at radius 3 is 2.48 bits per heavy atom. The zero-order valence-corrected chi connectivity index (χ0v) is 11.9. The van der Waals surface area contributed by atoms with Crippen LogP contribution in [0.3, 0.4) is 0 Å². The summed E-state index contributed by atoms with van der Waals surface area (Å²) in [6.45, 7) is 4.32. The van der Waals surface area contributed by atoms with Crippen molar-refractivity contribution >= 4 is 5.91 Å². The molecule has 1 aromatic heterocycles. The van der Waals surface area contributed by atoms with Crippen LogP contribution in [0.1, 0.15) is 29.4 Å². The summed E-state index contributed by atoms with van der Waals surface area (Å²) in [5, 5.41) is 22.0. The number of nitrogens with zero attached hydrogens (tertiary/aromatic N) is 2. The predicted molar refractivity (Wildman–Crippen MR) is 78.2 cm³/mol. The number of hydrogen-bond donors (Lipinski definition) is 3. The molecule has 0 unspecified atom stereocenters. The zero-order valence-electron chi connectivity index (χ0n) is 11.9. The summed E-state index contributed by atoms with van der Waals surface area (Å²) in [6, 6.07) is 7.32. The summed E-state index contributed by atoms with van der Waals surface area (Å²) < 4.78 is 0. The third kappa shape index (κ3) is 3.28. The highest BCUT2D eigenvalue weighted by Crippen LogP contribution is 2.28. The Labute approximate surface area is 122 Å². The van der Waals surface area contributed by atoms with Gasteiger partial charge >= 0.3 is 0 Å². The first-order chi connectivity index (χ1) is 10.0. The Kier molecular flexibility index (Phi) is 4.37. The van der Waals surface area contributed by atoms with E-state index in [4.69, 9.17) is 0 Å². The van der Waals surface area contributed by atoms with Crippen LogP contribution in [0.15, 0.2) is 24.3 Å². The number of nitrogens with one attached hydrogen (secondary N) is 1. The van der Waals surface area contributed by atoms with Gasteiger partial charge in [-0.1, -0.05) is 36.8 Å². The summed E-state index contributed by atoms with van der Waals surface area (Å²) in [6.07, 6.45) is 0.758. The maximum absolute atomic E-state index is 11.9. The molecule has 3 N–H and O–H groups in total. The van der Waals surface area contributed by atoms with E-state index in [2.05, 4.69) is 15.3 Å². The van der Waals surface area contributed by atoms with E-state index in [1.54, 1.807) is 12.1 Å². The van der Waals surface area contributed by atoms with Gasteiger partial charge in [0.2, 0.25) is 5.75 Å². The largest absolute Gasteiger partial charge is 0.501 e. The Morgan fingerprint density at radius 1 is 1.19 bits per heavy atom. The van der Waals surface area contributed by atoms with E-state index in [0.717, 1.165) is 12.0 Å². The molecule has 0 spiro atoms. The van der Waals surface area contributed by atoms with E-state index < -0.39 is 17.5 Å². The SMILES string of the molecule is CCCNC(=O)c1nc(-c2ccc(C)cc2)nc(O)c1O. The van der Waals surface area contributed by atoms with Gasteiger partial charge in [0.1, 0.15) is 0 Å². The maximum atomic E-state index is 11.9. The van der Waals surface area contributed by atoms with Crippen LogP contribution in [0.4, 0.5) is 0 Å². The monoisotopic (exact) mass is 287 g/mol. The lowest BCUT2D eigenvalue weighted by molar-refractivity contribution is 0.0944.